The van der Waals surface area contributed by atoms with Crippen molar-refractivity contribution in [2.45, 2.75) is 156 Å². The van der Waals surface area contributed by atoms with Crippen LogP contribution in [0.3, 0.4) is 0 Å². The standard InChI is InChI=1S/C40H62N2/c1-5-9-13-14-15-16-17-18-19-22-23-35-27-29-38(30-28-35)42-39(26-12-8-4)34-41-40-32-36(24-20-10-6-2)31-37(33-40)25-21-11-7-3/h22-23,27-34H,5-21,24-26H2,1-4H3/b23-22+,41-34?,42-39?. The lowest BCUT2D eigenvalue weighted by Gasteiger charge is -2.08. The van der Waals surface area contributed by atoms with Gasteiger partial charge in [-0.3, -0.25) is 9.98 Å². The van der Waals surface area contributed by atoms with E-state index in [9.17, 15) is 0 Å². The number of unbranched alkanes of at least 4 members (excludes halogenated alkanes) is 13. The van der Waals surface area contributed by atoms with Gasteiger partial charge in [0.05, 0.1) is 17.1 Å². The van der Waals surface area contributed by atoms with Gasteiger partial charge in [-0.1, -0.05) is 135 Å². The van der Waals surface area contributed by atoms with Crippen LogP contribution in [0.5, 0.6) is 0 Å². The van der Waals surface area contributed by atoms with Crippen molar-refractivity contribution in [1.29, 1.82) is 0 Å². The van der Waals surface area contributed by atoms with Crippen molar-refractivity contribution in [2.24, 2.45) is 9.98 Å². The molecular formula is C40H62N2. The van der Waals surface area contributed by atoms with E-state index in [1.807, 2.05) is 6.21 Å². The quantitative estimate of drug-likeness (QED) is 0.0885. The molecule has 0 aliphatic heterocycles. The Hall–Kier alpha value is -2.48. The van der Waals surface area contributed by atoms with E-state index >= 15 is 0 Å². The second kappa shape index (κ2) is 24.0. The molecule has 0 aliphatic carbocycles. The van der Waals surface area contributed by atoms with E-state index in [0.29, 0.717) is 0 Å². The number of hydrogen-bond acceptors (Lipinski definition) is 2. The number of nitrogens with zero attached hydrogens (tertiary/aromatic N) is 2. The highest BCUT2D eigenvalue weighted by molar-refractivity contribution is 6.31. The summed E-state index contributed by atoms with van der Waals surface area (Å²) in [7, 11) is 0. The summed E-state index contributed by atoms with van der Waals surface area (Å²) in [5.74, 6) is 0. The molecule has 0 N–H and O–H groups in total. The Kier molecular flexibility index (Phi) is 20.4. The Balaban J connectivity index is 2.00. The maximum Gasteiger partial charge on any atom is 0.0635 e. The molecule has 0 saturated carbocycles. The molecular weight excluding hydrogens is 508 g/mol. The first-order valence-corrected chi connectivity index (χ1v) is 17.7. The number of aliphatic imine (C=N–C) groups is 2. The third kappa shape index (κ3) is 16.8. The second-order valence-electron chi connectivity index (χ2n) is 12.1. The van der Waals surface area contributed by atoms with Gasteiger partial charge < -0.3 is 0 Å². The molecule has 0 fully saturated rings. The van der Waals surface area contributed by atoms with Gasteiger partial charge in [0.2, 0.25) is 0 Å². The molecule has 0 atom stereocenters. The first-order chi connectivity index (χ1) is 20.7. The zero-order chi connectivity index (χ0) is 30.1. The highest BCUT2D eigenvalue weighted by Crippen LogP contribution is 2.22. The predicted octanol–water partition coefficient (Wildman–Crippen LogP) is 13.4. The van der Waals surface area contributed by atoms with E-state index in [1.165, 1.54) is 113 Å². The van der Waals surface area contributed by atoms with Gasteiger partial charge in [0.25, 0.3) is 0 Å². The molecule has 2 heteroatoms. The van der Waals surface area contributed by atoms with Crippen molar-refractivity contribution < 1.29 is 0 Å². The van der Waals surface area contributed by atoms with Crippen molar-refractivity contribution in [3.8, 4) is 0 Å². The molecule has 2 aromatic carbocycles. The molecule has 2 rings (SSSR count). The van der Waals surface area contributed by atoms with Crippen molar-refractivity contribution >= 4 is 29.4 Å². The summed E-state index contributed by atoms with van der Waals surface area (Å²) in [5, 5.41) is 0. The van der Waals surface area contributed by atoms with Gasteiger partial charge in [-0.2, -0.15) is 0 Å². The zero-order valence-corrected chi connectivity index (χ0v) is 27.8. The highest BCUT2D eigenvalue weighted by atomic mass is 14.8. The number of allylic oxidation sites excluding steroid dienone is 1. The monoisotopic (exact) mass is 570 g/mol. The van der Waals surface area contributed by atoms with Crippen LogP contribution >= 0.6 is 0 Å². The van der Waals surface area contributed by atoms with Gasteiger partial charge in [-0.05, 0) is 92.3 Å². The lowest BCUT2D eigenvalue weighted by Crippen LogP contribution is -1.99. The third-order valence-corrected chi connectivity index (χ3v) is 8.02. The summed E-state index contributed by atoms with van der Waals surface area (Å²) < 4.78 is 0. The van der Waals surface area contributed by atoms with Crippen LogP contribution in [0.25, 0.3) is 6.08 Å². The Bertz CT molecular complexity index is 1000. The molecule has 0 radical (unpaired) electrons. The fraction of sp³-hybridized carbons (Fsp3) is 0.600. The fourth-order valence-corrected chi connectivity index (χ4v) is 5.36. The predicted molar refractivity (Wildman–Crippen MR) is 190 cm³/mol. The Morgan fingerprint density at radius 1 is 0.571 bits per heavy atom. The number of rotatable bonds is 24. The molecule has 0 spiro atoms. The molecule has 0 aliphatic rings. The van der Waals surface area contributed by atoms with Crippen LogP contribution in [-0.2, 0) is 12.8 Å². The molecule has 0 aromatic heterocycles. The van der Waals surface area contributed by atoms with E-state index in [4.69, 9.17) is 9.98 Å². The number of hydrogen-bond donors (Lipinski definition) is 0. The van der Waals surface area contributed by atoms with E-state index in [1.54, 1.807) is 0 Å². The Labute approximate surface area is 260 Å². The third-order valence-electron chi connectivity index (χ3n) is 8.02. The normalized spacial score (nSPS) is 12.2. The average Bonchev–Trinajstić information content (AvgIpc) is 3.00. The van der Waals surface area contributed by atoms with Gasteiger partial charge in [0.15, 0.2) is 0 Å². The van der Waals surface area contributed by atoms with Crippen LogP contribution < -0.4 is 0 Å². The fourth-order valence-electron chi connectivity index (χ4n) is 5.36. The van der Waals surface area contributed by atoms with E-state index < -0.39 is 0 Å². The maximum absolute atomic E-state index is 5.02. The van der Waals surface area contributed by atoms with Crippen LogP contribution in [0.4, 0.5) is 11.4 Å². The van der Waals surface area contributed by atoms with Crippen LogP contribution in [0, 0.1) is 0 Å². The second-order valence-corrected chi connectivity index (χ2v) is 12.1. The van der Waals surface area contributed by atoms with Crippen LogP contribution in [0.1, 0.15) is 160 Å². The lowest BCUT2D eigenvalue weighted by molar-refractivity contribution is 0.578. The molecule has 2 nitrogen and oxygen atoms in total. The molecule has 0 bridgehead atoms. The molecule has 42 heavy (non-hydrogen) atoms. The summed E-state index contributed by atoms with van der Waals surface area (Å²) in [4.78, 5) is 9.99. The summed E-state index contributed by atoms with van der Waals surface area (Å²) in [6, 6.07) is 15.7. The minimum absolute atomic E-state index is 0.958. The highest BCUT2D eigenvalue weighted by Gasteiger charge is 2.03. The summed E-state index contributed by atoms with van der Waals surface area (Å²) in [6.45, 7) is 9.08. The van der Waals surface area contributed by atoms with Crippen molar-refractivity contribution in [2.75, 3.05) is 0 Å². The molecule has 0 unspecified atom stereocenters. The average molecular weight is 571 g/mol. The van der Waals surface area contributed by atoms with Gasteiger partial charge in [0, 0.05) is 6.21 Å². The topological polar surface area (TPSA) is 24.7 Å². The van der Waals surface area contributed by atoms with Crippen molar-refractivity contribution in [3.63, 3.8) is 0 Å². The van der Waals surface area contributed by atoms with Gasteiger partial charge in [-0.15, -0.1) is 0 Å². The number of aryl methyl sites for hydroxylation is 2. The SMILES string of the molecule is CCCCCCCCCC/C=C/c1ccc(N=C(C=Nc2cc(CCCCC)cc(CCCCC)c2)CCCC)cc1. The Morgan fingerprint density at radius 3 is 1.71 bits per heavy atom. The minimum Gasteiger partial charge on any atom is -0.255 e. The first-order valence-electron chi connectivity index (χ1n) is 17.7. The summed E-state index contributed by atoms with van der Waals surface area (Å²) in [5.41, 5.74) is 7.29. The van der Waals surface area contributed by atoms with Gasteiger partial charge in [-0.25, -0.2) is 0 Å². The van der Waals surface area contributed by atoms with Crippen molar-refractivity contribution in [1.82, 2.24) is 0 Å². The molecule has 232 valence electrons. The summed E-state index contributed by atoms with van der Waals surface area (Å²) in [6.07, 6.45) is 32.0. The molecule has 0 saturated heterocycles. The number of benzene rings is 2. The van der Waals surface area contributed by atoms with Gasteiger partial charge >= 0.3 is 0 Å². The van der Waals surface area contributed by atoms with E-state index in [-0.39, 0.29) is 0 Å². The van der Waals surface area contributed by atoms with Gasteiger partial charge in [0.1, 0.15) is 0 Å². The van der Waals surface area contributed by atoms with E-state index in [0.717, 1.165) is 49.2 Å². The molecule has 0 heterocycles. The zero-order valence-electron chi connectivity index (χ0n) is 27.8. The summed E-state index contributed by atoms with van der Waals surface area (Å²) >= 11 is 0. The molecule has 0 amide bonds. The van der Waals surface area contributed by atoms with E-state index in [2.05, 4.69) is 82.3 Å². The Morgan fingerprint density at radius 2 is 1.12 bits per heavy atom. The van der Waals surface area contributed by atoms with Crippen LogP contribution in [-0.4, -0.2) is 11.9 Å². The largest absolute Gasteiger partial charge is 0.255 e. The first kappa shape index (κ1) is 35.7. The van der Waals surface area contributed by atoms with Crippen LogP contribution in [0.2, 0.25) is 0 Å². The maximum atomic E-state index is 5.02. The van der Waals surface area contributed by atoms with Crippen LogP contribution in [0.15, 0.2) is 58.5 Å². The van der Waals surface area contributed by atoms with Crippen molar-refractivity contribution in [3.05, 3.63) is 65.2 Å². The lowest BCUT2D eigenvalue weighted by atomic mass is 10.00. The smallest absolute Gasteiger partial charge is 0.0635 e. The molecule has 2 aromatic rings. The minimum atomic E-state index is 0.958.